The van der Waals surface area contributed by atoms with E-state index in [1.165, 1.54) is 12.8 Å². The van der Waals surface area contributed by atoms with Crippen LogP contribution in [0.1, 0.15) is 47.5 Å². The summed E-state index contributed by atoms with van der Waals surface area (Å²) >= 11 is 0. The first-order valence-corrected chi connectivity index (χ1v) is 4.80. The minimum absolute atomic E-state index is 0.750. The van der Waals surface area contributed by atoms with Crippen LogP contribution in [0.25, 0.3) is 0 Å². The molecule has 1 heteroatoms. The third kappa shape index (κ3) is 13.0. The predicted octanol–water partition coefficient (Wildman–Crippen LogP) is 3.04. The Hall–Kier alpha value is -0.0400. The standard InChI is InChI=1S/C8H18.C2H7N/c1-5-6-8(4)7(2)3;1-2-3/h7-8H,5-6H2,1-4H3;2-3H2,1H3. The van der Waals surface area contributed by atoms with Gasteiger partial charge in [0, 0.05) is 0 Å². The van der Waals surface area contributed by atoms with Crippen molar-refractivity contribution in [1.29, 1.82) is 0 Å². The van der Waals surface area contributed by atoms with Gasteiger partial charge in [-0.2, -0.15) is 0 Å². The average molecular weight is 159 g/mol. The molecular formula is C10H25N. The average Bonchev–Trinajstić information content (AvgIpc) is 1.90. The molecule has 1 unspecified atom stereocenters. The van der Waals surface area contributed by atoms with Crippen molar-refractivity contribution in [2.24, 2.45) is 17.6 Å². The predicted molar refractivity (Wildman–Crippen MR) is 53.6 cm³/mol. The monoisotopic (exact) mass is 159 g/mol. The van der Waals surface area contributed by atoms with E-state index in [2.05, 4.69) is 27.7 Å². The molecule has 0 fully saturated rings. The second-order valence-corrected chi connectivity index (χ2v) is 3.42. The first kappa shape index (κ1) is 13.5. The van der Waals surface area contributed by atoms with E-state index < -0.39 is 0 Å². The number of hydrogen-bond donors (Lipinski definition) is 1. The summed E-state index contributed by atoms with van der Waals surface area (Å²) in [5.74, 6) is 1.79. The Labute approximate surface area is 72.4 Å². The van der Waals surface area contributed by atoms with E-state index in [0.29, 0.717) is 0 Å². The number of hydrogen-bond acceptors (Lipinski definition) is 1. The van der Waals surface area contributed by atoms with Crippen LogP contribution in [0.15, 0.2) is 0 Å². The summed E-state index contributed by atoms with van der Waals surface area (Å²) in [6, 6.07) is 0. The van der Waals surface area contributed by atoms with Gasteiger partial charge in [-0.05, 0) is 18.4 Å². The molecular weight excluding hydrogens is 134 g/mol. The first-order chi connectivity index (χ1) is 5.09. The van der Waals surface area contributed by atoms with Crippen molar-refractivity contribution < 1.29 is 0 Å². The van der Waals surface area contributed by atoms with Crippen molar-refractivity contribution >= 4 is 0 Å². The highest BCUT2D eigenvalue weighted by Gasteiger charge is 2.03. The van der Waals surface area contributed by atoms with Crippen LogP contribution in [0, 0.1) is 11.8 Å². The van der Waals surface area contributed by atoms with Gasteiger partial charge in [-0.3, -0.25) is 0 Å². The molecule has 0 amide bonds. The van der Waals surface area contributed by atoms with Gasteiger partial charge < -0.3 is 5.73 Å². The van der Waals surface area contributed by atoms with Gasteiger partial charge >= 0.3 is 0 Å². The molecule has 2 N–H and O–H groups in total. The summed E-state index contributed by atoms with van der Waals surface area (Å²) < 4.78 is 0. The normalized spacial score (nSPS) is 12.3. The number of nitrogens with two attached hydrogens (primary N) is 1. The third-order valence-corrected chi connectivity index (χ3v) is 1.88. The fourth-order valence-corrected chi connectivity index (χ4v) is 0.789. The topological polar surface area (TPSA) is 26.0 Å². The van der Waals surface area contributed by atoms with Crippen LogP contribution in [-0.4, -0.2) is 6.54 Å². The lowest BCUT2D eigenvalue weighted by molar-refractivity contribution is 0.389. The van der Waals surface area contributed by atoms with E-state index in [-0.39, 0.29) is 0 Å². The molecule has 0 spiro atoms. The smallest absolute Gasteiger partial charge is 0.0106 e. The van der Waals surface area contributed by atoms with Crippen molar-refractivity contribution in [3.63, 3.8) is 0 Å². The molecule has 0 aromatic heterocycles. The maximum absolute atomic E-state index is 4.85. The fourth-order valence-electron chi connectivity index (χ4n) is 0.789. The fraction of sp³-hybridized carbons (Fsp3) is 1.00. The van der Waals surface area contributed by atoms with E-state index in [9.17, 15) is 0 Å². The van der Waals surface area contributed by atoms with E-state index in [4.69, 9.17) is 5.73 Å². The van der Waals surface area contributed by atoms with Crippen LogP contribution < -0.4 is 5.73 Å². The molecule has 0 heterocycles. The van der Waals surface area contributed by atoms with Crippen LogP contribution >= 0.6 is 0 Å². The lowest BCUT2D eigenvalue weighted by Gasteiger charge is -2.12. The highest BCUT2D eigenvalue weighted by atomic mass is 14.5. The highest BCUT2D eigenvalue weighted by molar-refractivity contribution is 4.54. The number of rotatable bonds is 3. The molecule has 0 aromatic rings. The van der Waals surface area contributed by atoms with Crippen LogP contribution in [0.2, 0.25) is 0 Å². The first-order valence-electron chi connectivity index (χ1n) is 4.80. The molecule has 1 atom stereocenters. The van der Waals surface area contributed by atoms with Crippen LogP contribution in [0.5, 0.6) is 0 Å². The van der Waals surface area contributed by atoms with Gasteiger partial charge in [0.15, 0.2) is 0 Å². The van der Waals surface area contributed by atoms with Crippen molar-refractivity contribution in [1.82, 2.24) is 0 Å². The van der Waals surface area contributed by atoms with Crippen molar-refractivity contribution in [2.45, 2.75) is 47.5 Å². The summed E-state index contributed by atoms with van der Waals surface area (Å²) in [5.41, 5.74) is 4.85. The Balaban J connectivity index is 0. The van der Waals surface area contributed by atoms with E-state index in [1.807, 2.05) is 6.92 Å². The van der Waals surface area contributed by atoms with Gasteiger partial charge in [0.25, 0.3) is 0 Å². The Kier molecular flexibility index (Phi) is 12.3. The molecule has 0 aromatic carbocycles. The van der Waals surface area contributed by atoms with Gasteiger partial charge in [-0.15, -0.1) is 0 Å². The summed E-state index contributed by atoms with van der Waals surface area (Å²) in [4.78, 5) is 0. The Bertz CT molecular complexity index is 59.9. The Morgan fingerprint density at radius 2 is 1.45 bits per heavy atom. The Morgan fingerprint density at radius 3 is 1.55 bits per heavy atom. The van der Waals surface area contributed by atoms with Gasteiger partial charge in [-0.1, -0.05) is 47.5 Å². The van der Waals surface area contributed by atoms with E-state index in [1.54, 1.807) is 0 Å². The molecule has 0 aliphatic heterocycles. The molecule has 0 saturated heterocycles. The lowest BCUT2D eigenvalue weighted by Crippen LogP contribution is -2.02. The largest absolute Gasteiger partial charge is 0.331 e. The van der Waals surface area contributed by atoms with Crippen molar-refractivity contribution in [3.8, 4) is 0 Å². The minimum Gasteiger partial charge on any atom is -0.331 e. The second-order valence-electron chi connectivity index (χ2n) is 3.42. The summed E-state index contributed by atoms with van der Waals surface area (Å²) in [6.45, 7) is 11.8. The Morgan fingerprint density at radius 1 is 1.09 bits per heavy atom. The molecule has 0 aliphatic carbocycles. The molecule has 0 aliphatic rings. The van der Waals surface area contributed by atoms with Gasteiger partial charge in [0.1, 0.15) is 0 Å². The lowest BCUT2D eigenvalue weighted by atomic mass is 9.94. The summed E-state index contributed by atoms with van der Waals surface area (Å²) in [6.07, 6.45) is 2.72. The quantitative estimate of drug-likeness (QED) is 0.673. The molecule has 70 valence electrons. The highest BCUT2D eigenvalue weighted by Crippen LogP contribution is 2.14. The van der Waals surface area contributed by atoms with E-state index >= 15 is 0 Å². The molecule has 1 nitrogen and oxygen atoms in total. The van der Waals surface area contributed by atoms with Gasteiger partial charge in [-0.25, -0.2) is 0 Å². The van der Waals surface area contributed by atoms with Crippen LogP contribution in [0.3, 0.4) is 0 Å². The van der Waals surface area contributed by atoms with Gasteiger partial charge in [0.2, 0.25) is 0 Å². The zero-order valence-corrected chi connectivity index (χ0v) is 8.85. The van der Waals surface area contributed by atoms with Crippen molar-refractivity contribution in [2.75, 3.05) is 6.54 Å². The van der Waals surface area contributed by atoms with Crippen LogP contribution in [0.4, 0.5) is 0 Å². The van der Waals surface area contributed by atoms with Crippen molar-refractivity contribution in [3.05, 3.63) is 0 Å². The molecule has 11 heavy (non-hydrogen) atoms. The summed E-state index contributed by atoms with van der Waals surface area (Å²) in [7, 11) is 0. The molecule has 0 bridgehead atoms. The minimum atomic E-state index is 0.750. The van der Waals surface area contributed by atoms with Crippen LogP contribution in [-0.2, 0) is 0 Å². The maximum Gasteiger partial charge on any atom is -0.0106 e. The van der Waals surface area contributed by atoms with Gasteiger partial charge in [0.05, 0.1) is 0 Å². The molecule has 0 rings (SSSR count). The zero-order valence-electron chi connectivity index (χ0n) is 8.85. The maximum atomic E-state index is 4.85. The second kappa shape index (κ2) is 9.96. The molecule has 0 radical (unpaired) electrons. The SMILES string of the molecule is CCCC(C)C(C)C.CCN. The summed E-state index contributed by atoms with van der Waals surface area (Å²) in [5, 5.41) is 0. The molecule has 0 saturated carbocycles. The van der Waals surface area contributed by atoms with E-state index in [0.717, 1.165) is 18.4 Å². The zero-order chi connectivity index (χ0) is 9.28. The third-order valence-electron chi connectivity index (χ3n) is 1.88.